The van der Waals surface area contributed by atoms with Crippen LogP contribution in [0.15, 0.2) is 30.6 Å². The summed E-state index contributed by atoms with van der Waals surface area (Å²) in [7, 11) is -4.22. The predicted molar refractivity (Wildman–Crippen MR) is 139 cm³/mol. The molecule has 0 bridgehead atoms. The van der Waals surface area contributed by atoms with E-state index in [-0.39, 0.29) is 23.6 Å². The number of hydrogen-bond acceptors (Lipinski definition) is 12. The number of nitrogens with one attached hydrogen (secondary N) is 1. The van der Waals surface area contributed by atoms with E-state index in [0.717, 1.165) is 11.1 Å². The van der Waals surface area contributed by atoms with Gasteiger partial charge >= 0.3 is 19.8 Å². The van der Waals surface area contributed by atoms with E-state index >= 15 is 0 Å². The van der Waals surface area contributed by atoms with Gasteiger partial charge in [-0.3, -0.25) is 18.4 Å². The second-order valence-corrected chi connectivity index (χ2v) is 11.3. The zero-order chi connectivity index (χ0) is 29.2. The van der Waals surface area contributed by atoms with Gasteiger partial charge in [0.05, 0.1) is 25.6 Å². The maximum atomic E-state index is 13.8. The number of carbonyl (C=O) groups is 1. The number of ether oxygens (including phenoxy) is 2. The van der Waals surface area contributed by atoms with E-state index in [4.69, 9.17) is 24.3 Å². The number of rotatable bonds is 11. The van der Waals surface area contributed by atoms with Crippen molar-refractivity contribution >= 4 is 30.7 Å². The zero-order valence-corrected chi connectivity index (χ0v) is 23.2. The third-order valence-electron chi connectivity index (χ3n) is 6.15. The minimum absolute atomic E-state index is 0.0609. The summed E-state index contributed by atoms with van der Waals surface area (Å²) in [6, 6.07) is 6.21. The molecule has 1 aliphatic rings. The second kappa shape index (κ2) is 12.2. The lowest BCUT2D eigenvalue weighted by Gasteiger charge is -2.25. The van der Waals surface area contributed by atoms with Crippen LogP contribution in [0.2, 0.25) is 0 Å². The van der Waals surface area contributed by atoms with Gasteiger partial charge in [-0.1, -0.05) is 24.3 Å². The number of anilines is 1. The molecule has 5 N–H and O–H groups in total. The number of imidazole rings is 1. The van der Waals surface area contributed by atoms with Crippen LogP contribution < -0.4 is 10.8 Å². The lowest BCUT2D eigenvalue weighted by molar-refractivity contribution is -0.149. The molecule has 4 rings (SSSR count). The Kier molecular flexibility index (Phi) is 9.15. The molecule has 0 spiro atoms. The minimum atomic E-state index is -4.22. The number of nitrogens with zero attached hydrogens (tertiary/aromatic N) is 4. The van der Waals surface area contributed by atoms with E-state index in [1.807, 2.05) is 19.1 Å². The summed E-state index contributed by atoms with van der Waals surface area (Å²) in [5, 5.41) is 23.9. The molecule has 218 valence electrons. The molecule has 0 amide bonds. The van der Waals surface area contributed by atoms with Gasteiger partial charge in [-0.05, 0) is 38.8 Å². The molecule has 0 saturated carbocycles. The molecule has 1 fully saturated rings. The molecule has 4 unspecified atom stereocenters. The molecule has 1 aliphatic heterocycles. The van der Waals surface area contributed by atoms with E-state index in [1.54, 1.807) is 26.0 Å². The van der Waals surface area contributed by atoms with E-state index < -0.39 is 63.1 Å². The fourth-order valence-electron chi connectivity index (χ4n) is 4.03. The number of aliphatic hydroxyl groups is 2. The van der Waals surface area contributed by atoms with Crippen molar-refractivity contribution in [3.63, 3.8) is 0 Å². The fraction of sp³-hybridized carbons (Fsp3) is 0.500. The molecule has 6 atom stereocenters. The number of nitrogens with two attached hydrogens (primary N) is 1. The smallest absolute Gasteiger partial charge is 0.406 e. The first-order valence-corrected chi connectivity index (χ1v) is 14.0. The first-order chi connectivity index (χ1) is 18.9. The monoisotopic (exact) mass is 582 g/mol. The van der Waals surface area contributed by atoms with Crippen molar-refractivity contribution < 1.29 is 42.5 Å². The van der Waals surface area contributed by atoms with E-state index in [1.165, 1.54) is 17.8 Å². The maximum Gasteiger partial charge on any atom is 0.406 e. The number of aromatic nitrogens is 4. The van der Waals surface area contributed by atoms with Gasteiger partial charge in [0.25, 0.3) is 0 Å². The number of nitrogen functional groups attached to an aromatic ring is 1. The number of hydrogen-bond donors (Lipinski definition) is 4. The standard InChI is InChI=1S/C24H32FN6O8P/c1-12(2)38-23(34)14(4)30-40(35,36-9-15-8-6-5-7-13(15)3)37-10-16-18(32)19(33)22(39-16)31-11-27-17-20(26)28-24(25)29-21(17)31/h5-8,11-12,14,16,18-19,22,32-33H,9-10H2,1-4H3,(H,30,35)(H2,26,28,29)/t14-,16?,18?,19?,22?,40-/m0/s1. The number of fused-ring (bicyclic) bond motifs is 1. The Balaban J connectivity index is 1.50. The molecule has 0 aliphatic carbocycles. The van der Waals surface area contributed by atoms with Gasteiger partial charge in [0.2, 0.25) is 0 Å². The van der Waals surface area contributed by atoms with Gasteiger partial charge in [0.15, 0.2) is 23.2 Å². The summed E-state index contributed by atoms with van der Waals surface area (Å²) in [5.41, 5.74) is 7.33. The molecule has 0 radical (unpaired) electrons. The highest BCUT2D eigenvalue weighted by molar-refractivity contribution is 7.51. The summed E-state index contributed by atoms with van der Waals surface area (Å²) in [5.74, 6) is -0.886. The topological polar surface area (TPSA) is 193 Å². The fourth-order valence-corrected chi connectivity index (χ4v) is 5.48. The van der Waals surface area contributed by atoms with Crippen LogP contribution in [0.1, 0.15) is 38.1 Å². The van der Waals surface area contributed by atoms with Crippen LogP contribution in [0.25, 0.3) is 11.2 Å². The van der Waals surface area contributed by atoms with E-state index in [0.29, 0.717) is 0 Å². The van der Waals surface area contributed by atoms with Gasteiger partial charge in [-0.25, -0.2) is 14.6 Å². The summed E-state index contributed by atoms with van der Waals surface area (Å²) in [6.45, 7) is 6.01. The summed E-state index contributed by atoms with van der Waals surface area (Å²) in [6.07, 6.45) is -5.82. The average molecular weight is 583 g/mol. The van der Waals surface area contributed by atoms with Crippen LogP contribution in [-0.2, 0) is 34.5 Å². The summed E-state index contributed by atoms with van der Waals surface area (Å²) in [4.78, 5) is 23.5. The lowest BCUT2D eigenvalue weighted by atomic mass is 10.1. The van der Waals surface area contributed by atoms with Gasteiger partial charge in [0.1, 0.15) is 24.4 Å². The molecule has 3 aromatic rings. The number of benzene rings is 1. The predicted octanol–water partition coefficient (Wildman–Crippen LogP) is 1.75. The van der Waals surface area contributed by atoms with Crippen LogP contribution in [0, 0.1) is 13.0 Å². The molecule has 1 aromatic carbocycles. The Hall–Kier alpha value is -3.04. The second-order valence-electron chi connectivity index (χ2n) is 9.58. The molecular formula is C24H32FN6O8P. The van der Waals surface area contributed by atoms with Crippen molar-refractivity contribution in [1.29, 1.82) is 0 Å². The van der Waals surface area contributed by atoms with Gasteiger partial charge in [0, 0.05) is 0 Å². The first kappa shape index (κ1) is 29.9. The molecule has 2 aromatic heterocycles. The van der Waals surface area contributed by atoms with Crippen LogP contribution in [0.3, 0.4) is 0 Å². The third-order valence-corrected chi connectivity index (χ3v) is 7.81. The van der Waals surface area contributed by atoms with Crippen LogP contribution in [-0.4, -0.2) is 72.8 Å². The molecule has 40 heavy (non-hydrogen) atoms. The van der Waals surface area contributed by atoms with Crippen molar-refractivity contribution in [3.05, 3.63) is 47.8 Å². The number of halogens is 1. The first-order valence-electron chi connectivity index (χ1n) is 12.5. The van der Waals surface area contributed by atoms with Gasteiger partial charge < -0.3 is 25.4 Å². The third kappa shape index (κ3) is 6.63. The van der Waals surface area contributed by atoms with Crippen LogP contribution >= 0.6 is 7.75 Å². The zero-order valence-electron chi connectivity index (χ0n) is 22.3. The number of esters is 1. The maximum absolute atomic E-state index is 13.8. The van der Waals surface area contributed by atoms with Crippen molar-refractivity contribution in [2.75, 3.05) is 12.3 Å². The Labute approximate surface area is 229 Å². The highest BCUT2D eigenvalue weighted by Crippen LogP contribution is 2.46. The van der Waals surface area contributed by atoms with Gasteiger partial charge in [-0.2, -0.15) is 14.4 Å². The van der Waals surface area contributed by atoms with E-state index in [9.17, 15) is 24.0 Å². The molecular weight excluding hydrogens is 550 g/mol. The SMILES string of the molecule is Cc1ccccc1CO[P@@](=O)(N[C@@H](C)C(=O)OC(C)C)OCC1OC(n2cnc3c(N)nc(F)nc32)C(O)C1O. The van der Waals surface area contributed by atoms with E-state index in [2.05, 4.69) is 20.0 Å². The largest absolute Gasteiger partial charge is 0.462 e. The summed E-state index contributed by atoms with van der Waals surface area (Å²) < 4.78 is 50.9. The lowest BCUT2D eigenvalue weighted by Crippen LogP contribution is -2.37. The number of aryl methyl sites for hydroxylation is 1. The van der Waals surface area contributed by atoms with Crippen molar-refractivity contribution in [2.45, 2.75) is 71.0 Å². The van der Waals surface area contributed by atoms with Crippen molar-refractivity contribution in [1.82, 2.24) is 24.6 Å². The molecule has 1 saturated heterocycles. The normalized spacial score (nSPS) is 23.4. The summed E-state index contributed by atoms with van der Waals surface area (Å²) >= 11 is 0. The van der Waals surface area contributed by atoms with Crippen molar-refractivity contribution in [3.8, 4) is 0 Å². The molecule has 16 heteroatoms. The molecule has 3 heterocycles. The van der Waals surface area contributed by atoms with Crippen molar-refractivity contribution in [2.24, 2.45) is 0 Å². The van der Waals surface area contributed by atoms with Crippen LogP contribution in [0.5, 0.6) is 0 Å². The average Bonchev–Trinajstić information content (AvgIpc) is 3.42. The highest BCUT2D eigenvalue weighted by atomic mass is 31.2. The highest BCUT2D eigenvalue weighted by Gasteiger charge is 2.46. The Morgan fingerprint density at radius 3 is 2.65 bits per heavy atom. The minimum Gasteiger partial charge on any atom is -0.462 e. The Morgan fingerprint density at radius 1 is 1.23 bits per heavy atom. The Morgan fingerprint density at radius 2 is 1.95 bits per heavy atom. The number of carbonyl (C=O) groups excluding carboxylic acids is 1. The quantitative estimate of drug-likeness (QED) is 0.145. The Bertz CT molecular complexity index is 1410. The molecule has 14 nitrogen and oxygen atoms in total. The number of aliphatic hydroxyl groups excluding tert-OH is 2. The van der Waals surface area contributed by atoms with Gasteiger partial charge in [-0.15, -0.1) is 0 Å². The van der Waals surface area contributed by atoms with Crippen LogP contribution in [0.4, 0.5) is 10.2 Å².